The number of amidine groups is 1. The summed E-state index contributed by atoms with van der Waals surface area (Å²) >= 11 is 0. The van der Waals surface area contributed by atoms with Crippen LogP contribution in [-0.4, -0.2) is 76.6 Å². The molecular weight excluding hydrogens is 622 g/mol. The zero-order valence-corrected chi connectivity index (χ0v) is 28.3. The number of amides is 2. The van der Waals surface area contributed by atoms with Crippen LogP contribution in [-0.2, 0) is 31.1 Å². The second-order valence-corrected chi connectivity index (χ2v) is 12.5. The third-order valence-corrected chi connectivity index (χ3v) is 8.91. The first-order valence-electron chi connectivity index (χ1n) is 16.5. The monoisotopic (exact) mass is 665 g/mol. The lowest BCUT2D eigenvalue weighted by Gasteiger charge is -2.35. The number of carbonyl (C=O) groups excluding carboxylic acids is 4. The van der Waals surface area contributed by atoms with Crippen molar-refractivity contribution in [2.24, 2.45) is 0 Å². The highest BCUT2D eigenvalue weighted by Crippen LogP contribution is 2.33. The molecular formula is C37H43N7O5. The van der Waals surface area contributed by atoms with Crippen LogP contribution in [0.5, 0.6) is 0 Å². The second kappa shape index (κ2) is 15.2. The molecule has 1 aromatic heterocycles. The molecule has 1 saturated heterocycles. The molecule has 5 rings (SSSR count). The van der Waals surface area contributed by atoms with Crippen molar-refractivity contribution in [2.75, 3.05) is 31.6 Å². The summed E-state index contributed by atoms with van der Waals surface area (Å²) in [7, 11) is 0. The molecule has 0 aliphatic carbocycles. The molecule has 0 bridgehead atoms. The first-order chi connectivity index (χ1) is 23.5. The maximum atomic E-state index is 14.1. The number of Topliss-reactive ketones (excluding diaryl/α,β-unsaturated/α-hetero) is 1. The van der Waals surface area contributed by atoms with E-state index in [9.17, 15) is 19.2 Å². The number of esters is 1. The zero-order valence-electron chi connectivity index (χ0n) is 28.3. The van der Waals surface area contributed by atoms with Gasteiger partial charge in [0.05, 0.1) is 29.6 Å². The normalized spacial score (nSPS) is 14.6. The Morgan fingerprint density at radius 2 is 1.69 bits per heavy atom. The van der Waals surface area contributed by atoms with Gasteiger partial charge in [-0.3, -0.25) is 25.1 Å². The Hall–Kier alpha value is -5.36. The van der Waals surface area contributed by atoms with Crippen LogP contribution in [0.2, 0.25) is 0 Å². The fourth-order valence-electron chi connectivity index (χ4n) is 6.21. The largest absolute Gasteiger partial charge is 0.464 e. The summed E-state index contributed by atoms with van der Waals surface area (Å²) in [6.07, 6.45) is 1.86. The van der Waals surface area contributed by atoms with Crippen molar-refractivity contribution in [2.45, 2.75) is 58.5 Å². The molecule has 49 heavy (non-hydrogen) atoms. The number of hydrogen-bond donors (Lipinski definition) is 5. The van der Waals surface area contributed by atoms with Gasteiger partial charge in [0, 0.05) is 36.4 Å². The van der Waals surface area contributed by atoms with E-state index in [4.69, 9.17) is 15.1 Å². The van der Waals surface area contributed by atoms with Gasteiger partial charge in [-0.15, -0.1) is 0 Å². The number of imidazole rings is 1. The number of nitrogens with zero attached hydrogens (tertiary/aromatic N) is 2. The van der Waals surface area contributed by atoms with Crippen molar-refractivity contribution >= 4 is 46.1 Å². The molecule has 0 spiro atoms. The van der Waals surface area contributed by atoms with E-state index < -0.39 is 17.4 Å². The van der Waals surface area contributed by atoms with Crippen LogP contribution in [0.25, 0.3) is 11.0 Å². The van der Waals surface area contributed by atoms with Crippen LogP contribution in [0.4, 0.5) is 5.69 Å². The van der Waals surface area contributed by atoms with Crippen LogP contribution in [0.3, 0.4) is 0 Å². The predicted octanol–water partition coefficient (Wildman–Crippen LogP) is 4.23. The van der Waals surface area contributed by atoms with Crippen molar-refractivity contribution in [3.8, 4) is 0 Å². The minimum Gasteiger partial charge on any atom is -0.464 e. The maximum absolute atomic E-state index is 14.1. The number of H-pyrrole nitrogens is 1. The number of anilines is 1. The number of nitrogens with one attached hydrogen (secondary N) is 5. The quantitative estimate of drug-likeness (QED) is 0.0612. The second-order valence-electron chi connectivity index (χ2n) is 12.5. The van der Waals surface area contributed by atoms with E-state index in [-0.39, 0.29) is 36.6 Å². The van der Waals surface area contributed by atoms with E-state index in [0.29, 0.717) is 36.6 Å². The lowest BCUT2D eigenvalue weighted by molar-refractivity contribution is -0.149. The standard InChI is InChI=1S/C37H43N7O5/c1-5-49-35(47)32(24(3)45)40-22-37(4,36(48)44-19-9-10-20-44)28-17-18-29-31(23(28)2)42-30(41-29)21-39-27-15-13-25(14-16-27)33(38)43-34(46)26-11-7-6-8-12-26/h6-8,11-18,32,39-40H,5,9-10,19-22H2,1-4H3,(H,41,42)(H2,38,43,46). The number of aryl methyl sites for hydroxylation is 1. The number of rotatable bonds is 13. The van der Waals surface area contributed by atoms with E-state index in [1.807, 2.05) is 49.1 Å². The lowest BCUT2D eigenvalue weighted by Crippen LogP contribution is -2.54. The Kier molecular flexibility index (Phi) is 10.9. The molecule has 1 aliphatic heterocycles. The first-order valence-corrected chi connectivity index (χ1v) is 16.5. The van der Waals surface area contributed by atoms with Gasteiger partial charge in [0.2, 0.25) is 5.91 Å². The molecule has 12 nitrogen and oxygen atoms in total. The van der Waals surface area contributed by atoms with E-state index in [2.05, 4.69) is 20.9 Å². The molecule has 2 atom stereocenters. The van der Waals surface area contributed by atoms with Gasteiger partial charge in [0.25, 0.3) is 5.91 Å². The molecule has 2 amide bonds. The molecule has 4 aromatic rings. The van der Waals surface area contributed by atoms with E-state index in [1.165, 1.54) is 6.92 Å². The first kappa shape index (κ1) is 35.0. The number of aromatic nitrogens is 2. The van der Waals surface area contributed by atoms with E-state index in [1.54, 1.807) is 43.3 Å². The SMILES string of the molecule is CCOC(=O)C(NCC(C)(C(=O)N1CCCC1)c1ccc2[nH]c(CNc3ccc(C(=N)NC(=O)c4ccccc4)cc3)nc2c1C)C(C)=O. The fourth-order valence-corrected chi connectivity index (χ4v) is 6.21. The van der Waals surface area contributed by atoms with Crippen molar-refractivity contribution in [1.82, 2.24) is 25.5 Å². The molecule has 3 aromatic carbocycles. The average molecular weight is 666 g/mol. The number of benzene rings is 3. The number of carbonyl (C=O) groups is 4. The van der Waals surface area contributed by atoms with Crippen molar-refractivity contribution in [1.29, 1.82) is 5.41 Å². The molecule has 12 heteroatoms. The van der Waals surface area contributed by atoms with Crippen LogP contribution in [0, 0.1) is 12.3 Å². The Morgan fingerprint density at radius 3 is 2.35 bits per heavy atom. The van der Waals surface area contributed by atoms with Crippen LogP contribution in [0.15, 0.2) is 66.7 Å². The average Bonchev–Trinajstić information content (AvgIpc) is 3.79. The zero-order chi connectivity index (χ0) is 35.1. The van der Waals surface area contributed by atoms with Gasteiger partial charge in [-0.2, -0.15) is 0 Å². The molecule has 1 aliphatic rings. The van der Waals surface area contributed by atoms with Gasteiger partial charge in [-0.25, -0.2) is 9.78 Å². The predicted molar refractivity (Wildman–Crippen MR) is 188 cm³/mol. The Balaban J connectivity index is 1.32. The summed E-state index contributed by atoms with van der Waals surface area (Å²) < 4.78 is 5.12. The highest BCUT2D eigenvalue weighted by atomic mass is 16.5. The molecule has 5 N–H and O–H groups in total. The Bertz CT molecular complexity index is 1850. The smallest absolute Gasteiger partial charge is 0.330 e. The number of ketones is 1. The van der Waals surface area contributed by atoms with Crippen LogP contribution >= 0.6 is 0 Å². The maximum Gasteiger partial charge on any atom is 0.330 e. The third-order valence-electron chi connectivity index (χ3n) is 8.91. The van der Waals surface area contributed by atoms with Crippen molar-refractivity contribution < 1.29 is 23.9 Å². The number of hydrogen-bond acceptors (Lipinski definition) is 9. The summed E-state index contributed by atoms with van der Waals surface area (Å²) in [4.78, 5) is 61.5. The number of likely N-dealkylation sites (tertiary alicyclic amines) is 1. The number of ether oxygens (including phenoxy) is 1. The van der Waals surface area contributed by atoms with Gasteiger partial charge in [-0.05, 0) is 94.1 Å². The molecule has 1 fully saturated rings. The van der Waals surface area contributed by atoms with Gasteiger partial charge in [0.15, 0.2) is 11.8 Å². The molecule has 0 radical (unpaired) electrons. The molecule has 256 valence electrons. The van der Waals surface area contributed by atoms with Crippen LogP contribution < -0.4 is 16.0 Å². The van der Waals surface area contributed by atoms with Crippen LogP contribution in [0.1, 0.15) is 66.5 Å². The number of fused-ring (bicyclic) bond motifs is 1. The Labute approximate surface area is 285 Å². The molecule has 0 saturated carbocycles. The fraction of sp³-hybridized carbons (Fsp3) is 0.351. The van der Waals surface area contributed by atoms with Crippen molar-refractivity contribution in [3.63, 3.8) is 0 Å². The minimum atomic E-state index is -1.18. The summed E-state index contributed by atoms with van der Waals surface area (Å²) in [6.45, 7) is 8.70. The molecule has 2 unspecified atom stereocenters. The van der Waals surface area contributed by atoms with Crippen molar-refractivity contribution in [3.05, 3.63) is 94.8 Å². The summed E-state index contributed by atoms with van der Waals surface area (Å²) in [5, 5.41) is 17.3. The summed E-state index contributed by atoms with van der Waals surface area (Å²) in [5.41, 5.74) is 3.89. The summed E-state index contributed by atoms with van der Waals surface area (Å²) in [6, 6.07) is 18.6. The Morgan fingerprint density at radius 1 is 1.00 bits per heavy atom. The highest BCUT2D eigenvalue weighted by Gasteiger charge is 2.42. The molecule has 2 heterocycles. The van der Waals surface area contributed by atoms with Gasteiger partial charge >= 0.3 is 5.97 Å². The van der Waals surface area contributed by atoms with Gasteiger partial charge in [-0.1, -0.05) is 24.3 Å². The summed E-state index contributed by atoms with van der Waals surface area (Å²) in [5.74, 6) is -0.761. The van der Waals surface area contributed by atoms with Gasteiger partial charge in [0.1, 0.15) is 11.7 Å². The van der Waals surface area contributed by atoms with E-state index >= 15 is 0 Å². The lowest BCUT2D eigenvalue weighted by atomic mass is 9.78. The minimum absolute atomic E-state index is 0.00656. The van der Waals surface area contributed by atoms with E-state index in [0.717, 1.165) is 40.7 Å². The number of aromatic amines is 1. The topological polar surface area (TPSA) is 169 Å². The highest BCUT2D eigenvalue weighted by molar-refractivity contribution is 6.11. The third kappa shape index (κ3) is 7.86. The van der Waals surface area contributed by atoms with Gasteiger partial charge < -0.3 is 25.3 Å².